The molecule has 244 valence electrons. The molecule has 6 amide bonds. The number of aliphatic hydroxyl groups is 1. The number of nitrogens with two attached hydrogens (primary N) is 4. The van der Waals surface area contributed by atoms with E-state index in [1.54, 1.807) is 0 Å². The first-order chi connectivity index (χ1) is 20.3. The third kappa shape index (κ3) is 19.2. The lowest BCUT2D eigenvalue weighted by molar-refractivity contribution is -0.138. The number of nitrogens with one attached hydrogen (secondary N) is 6. The number of nitrogens with zero attached hydrogens (tertiary/aromatic N) is 1. The first-order valence-electron chi connectivity index (χ1n) is 13.3. The van der Waals surface area contributed by atoms with Crippen molar-refractivity contribution in [1.82, 2.24) is 31.9 Å². The predicted octanol–water partition coefficient (Wildman–Crippen LogP) is -6.99. The summed E-state index contributed by atoms with van der Waals surface area (Å²) < 4.78 is 0. The number of carboxylic acid groups (broad SMARTS) is 1. The summed E-state index contributed by atoms with van der Waals surface area (Å²) >= 11 is 0. The van der Waals surface area contributed by atoms with Crippen LogP contribution in [0.3, 0.4) is 0 Å². The Balaban J connectivity index is 5.17. The fourth-order valence-corrected chi connectivity index (χ4v) is 3.22. The van der Waals surface area contributed by atoms with E-state index in [-0.39, 0.29) is 31.8 Å². The summed E-state index contributed by atoms with van der Waals surface area (Å²) in [5.41, 5.74) is 21.4. The largest absolute Gasteiger partial charge is 0.480 e. The van der Waals surface area contributed by atoms with Gasteiger partial charge in [0.25, 0.3) is 0 Å². The molecule has 20 heteroatoms. The molecule has 20 nitrogen and oxygen atoms in total. The van der Waals surface area contributed by atoms with Gasteiger partial charge in [-0.25, -0.2) is 0 Å². The minimum absolute atomic E-state index is 0.0497. The van der Waals surface area contributed by atoms with E-state index >= 15 is 0 Å². The second-order valence-corrected chi connectivity index (χ2v) is 9.09. The van der Waals surface area contributed by atoms with Crippen LogP contribution in [0.1, 0.15) is 32.1 Å². The minimum atomic E-state index is -1.27. The van der Waals surface area contributed by atoms with Gasteiger partial charge >= 0.3 is 5.97 Å². The third-order valence-corrected chi connectivity index (χ3v) is 5.44. The zero-order valence-corrected chi connectivity index (χ0v) is 23.7. The number of hydrogen-bond acceptors (Lipinski definition) is 11. The summed E-state index contributed by atoms with van der Waals surface area (Å²) in [5.74, 6) is -5.95. The molecule has 3 unspecified atom stereocenters. The van der Waals surface area contributed by atoms with Gasteiger partial charge in [-0.2, -0.15) is 0 Å². The van der Waals surface area contributed by atoms with Crippen LogP contribution in [0.2, 0.25) is 0 Å². The van der Waals surface area contributed by atoms with Gasteiger partial charge in [-0.1, -0.05) is 0 Å². The van der Waals surface area contributed by atoms with Gasteiger partial charge in [0.1, 0.15) is 24.7 Å². The van der Waals surface area contributed by atoms with E-state index in [1.165, 1.54) is 0 Å². The number of hydrogen-bond donors (Lipinski definition) is 12. The molecule has 0 aromatic carbocycles. The summed E-state index contributed by atoms with van der Waals surface area (Å²) in [7, 11) is 0. The molecule has 0 aliphatic rings. The van der Waals surface area contributed by atoms with Gasteiger partial charge in [0.15, 0.2) is 5.96 Å². The van der Waals surface area contributed by atoms with Crippen molar-refractivity contribution in [2.45, 2.75) is 50.2 Å². The monoisotopic (exact) mass is 617 g/mol. The van der Waals surface area contributed by atoms with Crippen molar-refractivity contribution in [3.8, 4) is 0 Å². The number of guanidine groups is 1. The van der Waals surface area contributed by atoms with Crippen LogP contribution in [0.4, 0.5) is 0 Å². The van der Waals surface area contributed by atoms with Crippen molar-refractivity contribution < 1.29 is 43.8 Å². The predicted molar refractivity (Wildman–Crippen MR) is 151 cm³/mol. The van der Waals surface area contributed by atoms with Crippen molar-refractivity contribution >= 4 is 47.4 Å². The molecule has 0 aromatic rings. The van der Waals surface area contributed by atoms with Crippen LogP contribution >= 0.6 is 0 Å². The Bertz CT molecular complexity index is 990. The van der Waals surface area contributed by atoms with Crippen LogP contribution < -0.4 is 54.8 Å². The molecule has 16 N–H and O–H groups in total. The molecule has 43 heavy (non-hydrogen) atoms. The SMILES string of the molecule is NCCCCC(NC(=O)CNC(=O)C(CCCN=C(N)N)NC(=O)CNC(=O)C(N)CO)C(=O)NCC(=O)NCC(=O)O. The highest BCUT2D eigenvalue weighted by Crippen LogP contribution is 2.02. The van der Waals surface area contributed by atoms with Gasteiger partial charge in [0, 0.05) is 6.54 Å². The van der Waals surface area contributed by atoms with Crippen molar-refractivity contribution in [1.29, 1.82) is 0 Å². The number of amides is 6. The Kier molecular flexibility index (Phi) is 19.7. The number of carbonyl (C=O) groups excluding carboxylic acids is 6. The molecule has 0 radical (unpaired) electrons. The molecule has 0 fully saturated rings. The van der Waals surface area contributed by atoms with Crippen molar-refractivity contribution in [2.24, 2.45) is 27.9 Å². The van der Waals surface area contributed by atoms with Crippen molar-refractivity contribution in [3.05, 3.63) is 0 Å². The normalized spacial score (nSPS) is 12.4. The lowest BCUT2D eigenvalue weighted by Crippen LogP contribution is -2.54. The van der Waals surface area contributed by atoms with Crippen LogP contribution in [0.5, 0.6) is 0 Å². The number of carboxylic acids is 1. The number of aliphatic hydroxyl groups excluding tert-OH is 1. The second-order valence-electron chi connectivity index (χ2n) is 9.09. The highest BCUT2D eigenvalue weighted by Gasteiger charge is 2.24. The van der Waals surface area contributed by atoms with Gasteiger partial charge in [0.2, 0.25) is 35.4 Å². The highest BCUT2D eigenvalue weighted by molar-refractivity contribution is 5.94. The molecule has 0 aliphatic carbocycles. The van der Waals surface area contributed by atoms with Crippen molar-refractivity contribution in [2.75, 3.05) is 45.9 Å². The maximum Gasteiger partial charge on any atom is 0.322 e. The number of aliphatic carboxylic acids is 1. The van der Waals surface area contributed by atoms with Gasteiger partial charge in [-0.15, -0.1) is 0 Å². The molecule has 0 saturated carbocycles. The average molecular weight is 618 g/mol. The molecule has 0 aromatic heterocycles. The molecule has 0 saturated heterocycles. The van der Waals surface area contributed by atoms with Crippen molar-refractivity contribution in [3.63, 3.8) is 0 Å². The van der Waals surface area contributed by atoms with Crippen LogP contribution in [-0.4, -0.2) is 122 Å². The lowest BCUT2D eigenvalue weighted by atomic mass is 10.1. The van der Waals surface area contributed by atoms with Gasteiger partial charge in [0.05, 0.1) is 26.2 Å². The van der Waals surface area contributed by atoms with Gasteiger partial charge in [-0.05, 0) is 38.6 Å². The van der Waals surface area contributed by atoms with E-state index < -0.39 is 92.3 Å². The summed E-state index contributed by atoms with van der Waals surface area (Å²) in [6, 6.07) is -3.49. The Morgan fingerprint density at radius 2 is 1.16 bits per heavy atom. The third-order valence-electron chi connectivity index (χ3n) is 5.44. The number of carbonyl (C=O) groups is 7. The Morgan fingerprint density at radius 3 is 1.63 bits per heavy atom. The zero-order chi connectivity index (χ0) is 32.8. The Labute approximate surface area is 247 Å². The number of rotatable bonds is 22. The van der Waals surface area contributed by atoms with Crippen LogP contribution in [0, 0.1) is 0 Å². The second kappa shape index (κ2) is 22.1. The molecule has 0 heterocycles. The smallest absolute Gasteiger partial charge is 0.322 e. The summed E-state index contributed by atoms with van der Waals surface area (Å²) in [6.45, 7) is -2.45. The molecular formula is C23H43N11O9. The quantitative estimate of drug-likeness (QED) is 0.0305. The maximum atomic E-state index is 12.8. The Morgan fingerprint density at radius 1 is 0.674 bits per heavy atom. The first-order valence-corrected chi connectivity index (χ1v) is 13.3. The summed E-state index contributed by atoms with van der Waals surface area (Å²) in [6.07, 6.45) is 1.47. The first kappa shape index (κ1) is 38.4. The summed E-state index contributed by atoms with van der Waals surface area (Å²) in [4.78, 5) is 88.0. The molecule has 0 spiro atoms. The van der Waals surface area contributed by atoms with E-state index in [0.29, 0.717) is 19.4 Å². The van der Waals surface area contributed by atoms with E-state index in [0.717, 1.165) is 0 Å². The summed E-state index contributed by atoms with van der Waals surface area (Å²) in [5, 5.41) is 31.3. The van der Waals surface area contributed by atoms with Crippen LogP contribution in [-0.2, 0) is 33.6 Å². The molecule has 0 bridgehead atoms. The van der Waals surface area contributed by atoms with E-state index in [2.05, 4.69) is 36.9 Å². The fraction of sp³-hybridized carbons (Fsp3) is 0.652. The Hall–Kier alpha value is -4.56. The number of aliphatic imine (C=N–C) groups is 1. The molecule has 0 rings (SSSR count). The molecule has 3 atom stereocenters. The van der Waals surface area contributed by atoms with Crippen LogP contribution in [0.15, 0.2) is 4.99 Å². The molecular weight excluding hydrogens is 574 g/mol. The maximum absolute atomic E-state index is 12.8. The fourth-order valence-electron chi connectivity index (χ4n) is 3.22. The molecule has 0 aliphatic heterocycles. The minimum Gasteiger partial charge on any atom is -0.480 e. The van der Waals surface area contributed by atoms with Gasteiger partial charge < -0.3 is 65.0 Å². The van der Waals surface area contributed by atoms with E-state index in [4.69, 9.17) is 33.1 Å². The van der Waals surface area contributed by atoms with Crippen LogP contribution in [0.25, 0.3) is 0 Å². The number of unbranched alkanes of at least 4 members (excludes halogenated alkanes) is 1. The van der Waals surface area contributed by atoms with E-state index in [1.807, 2.05) is 0 Å². The zero-order valence-electron chi connectivity index (χ0n) is 23.7. The van der Waals surface area contributed by atoms with Gasteiger partial charge in [-0.3, -0.25) is 38.6 Å². The topological polar surface area (TPSA) is 349 Å². The average Bonchev–Trinajstić information content (AvgIpc) is 2.96. The standard InChI is InChI=1S/C23H43N11O9/c24-6-2-1-4-14(21(42)31-8-16(36)29-11-19(39)40)33-18(38)10-32-22(43)15(5-3-7-28-23(26)27)34-17(37)9-30-20(41)13(25)12-35/h13-15,35H,1-12,24-25H2,(H,29,36)(H,30,41)(H,31,42)(H,32,43)(H,33,38)(H,34,37)(H,39,40)(H4,26,27,28). The highest BCUT2D eigenvalue weighted by atomic mass is 16.4. The van der Waals surface area contributed by atoms with E-state index in [9.17, 15) is 33.6 Å². The lowest BCUT2D eigenvalue weighted by Gasteiger charge is -2.20.